The van der Waals surface area contributed by atoms with Crippen molar-refractivity contribution in [1.29, 1.82) is 0 Å². The van der Waals surface area contributed by atoms with Crippen molar-refractivity contribution >= 4 is 35.8 Å². The molecule has 1 fully saturated rings. The van der Waals surface area contributed by atoms with Crippen molar-refractivity contribution in [3.05, 3.63) is 0 Å². The number of likely N-dealkylation sites (N-methyl/N-ethyl adjacent to an activating group) is 1. The van der Waals surface area contributed by atoms with Crippen LogP contribution in [0.4, 0.5) is 4.39 Å². The van der Waals surface area contributed by atoms with Gasteiger partial charge in [0.25, 0.3) is 0 Å². The second-order valence-corrected chi connectivity index (χ2v) is 5.40. The van der Waals surface area contributed by atoms with Gasteiger partial charge in [-0.2, -0.15) is 0 Å². The highest BCUT2D eigenvalue weighted by atomic mass is 127. The van der Waals surface area contributed by atoms with E-state index in [9.17, 15) is 9.18 Å². The fourth-order valence-electron chi connectivity index (χ4n) is 2.15. The lowest BCUT2D eigenvalue weighted by atomic mass is 9.96. The first-order valence-electron chi connectivity index (χ1n) is 7.44. The van der Waals surface area contributed by atoms with E-state index < -0.39 is 0 Å². The molecule has 1 rings (SSSR count). The summed E-state index contributed by atoms with van der Waals surface area (Å²) in [5, 5.41) is 6.45. The molecule has 0 spiro atoms. The third-order valence-electron chi connectivity index (χ3n) is 3.42. The quantitative estimate of drug-likeness (QED) is 0.302. The molecule has 0 unspecified atom stereocenters. The molecule has 0 aromatic rings. The summed E-state index contributed by atoms with van der Waals surface area (Å²) in [5.74, 6) is 0.584. The van der Waals surface area contributed by atoms with Crippen molar-refractivity contribution < 1.29 is 9.18 Å². The Kier molecular flexibility index (Phi) is 11.7. The fourth-order valence-corrected chi connectivity index (χ4v) is 2.15. The minimum Gasteiger partial charge on any atom is -0.356 e. The van der Waals surface area contributed by atoms with Crippen LogP contribution in [0.2, 0.25) is 0 Å². The van der Waals surface area contributed by atoms with Crippen LogP contribution in [0.15, 0.2) is 4.99 Å². The Balaban J connectivity index is 0.00000400. The normalized spacial score (nSPS) is 16.0. The van der Waals surface area contributed by atoms with Gasteiger partial charge < -0.3 is 15.5 Å². The van der Waals surface area contributed by atoms with Crippen LogP contribution < -0.4 is 10.6 Å². The lowest BCUT2D eigenvalue weighted by Crippen LogP contribution is -2.45. The van der Waals surface area contributed by atoms with Gasteiger partial charge in [-0.05, 0) is 19.3 Å². The number of rotatable bonds is 6. The third-order valence-corrected chi connectivity index (χ3v) is 3.42. The number of hydrogen-bond acceptors (Lipinski definition) is 2. The van der Waals surface area contributed by atoms with Crippen LogP contribution in [-0.2, 0) is 4.79 Å². The fraction of sp³-hybridized carbons (Fsp3) is 0.857. The van der Waals surface area contributed by atoms with Crippen LogP contribution >= 0.6 is 24.0 Å². The number of alkyl halides is 1. The van der Waals surface area contributed by atoms with E-state index >= 15 is 0 Å². The molecular formula is C14H28FIN4O. The number of nitrogens with zero attached hydrogens (tertiary/aromatic N) is 2. The van der Waals surface area contributed by atoms with Crippen molar-refractivity contribution in [2.75, 3.05) is 33.9 Å². The van der Waals surface area contributed by atoms with Crippen LogP contribution in [0.3, 0.4) is 0 Å². The van der Waals surface area contributed by atoms with Gasteiger partial charge in [-0.3, -0.25) is 9.18 Å². The molecule has 7 heteroatoms. The minimum absolute atomic E-state index is 0. The average molecular weight is 414 g/mol. The standard InChI is InChI=1S/C14H27FN4O.HI/c1-19(2)13(20)11-17-14(16-10-6-9-15)18-12-7-4-3-5-8-12;/h12H,3-11H2,1-2H3,(H2,16,17,18);1H. The maximum Gasteiger partial charge on any atom is 0.243 e. The molecule has 21 heavy (non-hydrogen) atoms. The van der Waals surface area contributed by atoms with E-state index in [1.807, 2.05) is 0 Å². The first-order chi connectivity index (χ1) is 9.63. The monoisotopic (exact) mass is 414 g/mol. The van der Waals surface area contributed by atoms with Crippen LogP contribution in [0.1, 0.15) is 38.5 Å². The second kappa shape index (κ2) is 12.0. The molecule has 0 bridgehead atoms. The second-order valence-electron chi connectivity index (χ2n) is 5.40. The number of aliphatic imine (C=N–C) groups is 1. The lowest BCUT2D eigenvalue weighted by molar-refractivity contribution is -0.127. The highest BCUT2D eigenvalue weighted by Crippen LogP contribution is 2.17. The van der Waals surface area contributed by atoms with Gasteiger partial charge in [0.05, 0.1) is 6.67 Å². The Hall–Kier alpha value is -0.600. The molecule has 1 aliphatic carbocycles. The summed E-state index contributed by atoms with van der Waals surface area (Å²) in [4.78, 5) is 17.4. The first kappa shape index (κ1) is 20.4. The summed E-state index contributed by atoms with van der Waals surface area (Å²) in [6.07, 6.45) is 6.46. The van der Waals surface area contributed by atoms with Crippen molar-refractivity contribution in [1.82, 2.24) is 15.5 Å². The number of halogens is 2. The Morgan fingerprint density at radius 3 is 2.52 bits per heavy atom. The molecule has 0 radical (unpaired) electrons. The van der Waals surface area contributed by atoms with E-state index in [4.69, 9.17) is 0 Å². The Morgan fingerprint density at radius 1 is 1.29 bits per heavy atom. The van der Waals surface area contributed by atoms with E-state index in [1.165, 1.54) is 24.2 Å². The molecule has 0 aromatic heterocycles. The molecule has 0 heterocycles. The number of amides is 1. The molecule has 1 aliphatic rings. The molecule has 5 nitrogen and oxygen atoms in total. The first-order valence-corrected chi connectivity index (χ1v) is 7.44. The number of carbonyl (C=O) groups is 1. The summed E-state index contributed by atoms with van der Waals surface area (Å²) in [6, 6.07) is 0.412. The van der Waals surface area contributed by atoms with Crippen LogP contribution in [0.5, 0.6) is 0 Å². The Bertz CT molecular complexity index is 320. The lowest BCUT2D eigenvalue weighted by Gasteiger charge is -2.25. The van der Waals surface area contributed by atoms with Crippen molar-refractivity contribution in [2.45, 2.75) is 44.6 Å². The molecule has 0 atom stereocenters. The van der Waals surface area contributed by atoms with Crippen molar-refractivity contribution in [3.8, 4) is 0 Å². The zero-order valence-electron chi connectivity index (χ0n) is 13.0. The number of guanidine groups is 1. The number of hydrogen-bond donors (Lipinski definition) is 2. The number of carbonyl (C=O) groups excluding carboxylic acids is 1. The molecule has 1 amide bonds. The maximum atomic E-state index is 12.2. The van der Waals surface area contributed by atoms with E-state index in [0.29, 0.717) is 25.0 Å². The molecule has 1 saturated carbocycles. The molecule has 2 N–H and O–H groups in total. The summed E-state index contributed by atoms with van der Waals surface area (Å²) in [7, 11) is 3.42. The van der Waals surface area contributed by atoms with E-state index in [-0.39, 0.29) is 43.1 Å². The Morgan fingerprint density at radius 2 is 1.95 bits per heavy atom. The van der Waals surface area contributed by atoms with Crippen LogP contribution in [-0.4, -0.2) is 56.7 Å². The highest BCUT2D eigenvalue weighted by Gasteiger charge is 2.14. The summed E-state index contributed by atoms with van der Waals surface area (Å²) in [5.41, 5.74) is 0. The predicted octanol–water partition coefficient (Wildman–Crippen LogP) is 1.92. The van der Waals surface area contributed by atoms with E-state index in [2.05, 4.69) is 15.6 Å². The average Bonchev–Trinajstić information content (AvgIpc) is 2.45. The SMILES string of the molecule is CN(C)C(=O)CN=C(NCCCF)NC1CCCCC1.I. The largest absolute Gasteiger partial charge is 0.356 e. The van der Waals surface area contributed by atoms with E-state index in [1.54, 1.807) is 14.1 Å². The maximum absolute atomic E-state index is 12.2. The van der Waals surface area contributed by atoms with Gasteiger partial charge in [0.1, 0.15) is 6.54 Å². The zero-order chi connectivity index (χ0) is 14.8. The summed E-state index contributed by atoms with van der Waals surface area (Å²) < 4.78 is 12.2. The smallest absolute Gasteiger partial charge is 0.243 e. The Labute approximate surface area is 144 Å². The zero-order valence-corrected chi connectivity index (χ0v) is 15.4. The van der Waals surface area contributed by atoms with Gasteiger partial charge in [0.15, 0.2) is 5.96 Å². The molecular weight excluding hydrogens is 386 g/mol. The van der Waals surface area contributed by atoms with Crippen LogP contribution in [0, 0.1) is 0 Å². The molecule has 0 aliphatic heterocycles. The van der Waals surface area contributed by atoms with Gasteiger partial charge in [-0.25, -0.2) is 4.99 Å². The van der Waals surface area contributed by atoms with Gasteiger partial charge in [-0.15, -0.1) is 24.0 Å². The highest BCUT2D eigenvalue weighted by molar-refractivity contribution is 14.0. The van der Waals surface area contributed by atoms with Crippen molar-refractivity contribution in [3.63, 3.8) is 0 Å². The minimum atomic E-state index is -0.347. The van der Waals surface area contributed by atoms with Gasteiger partial charge >= 0.3 is 0 Å². The van der Waals surface area contributed by atoms with Gasteiger partial charge in [0.2, 0.25) is 5.91 Å². The molecule has 0 aromatic carbocycles. The molecule has 124 valence electrons. The van der Waals surface area contributed by atoms with Gasteiger partial charge in [0, 0.05) is 26.7 Å². The molecule has 0 saturated heterocycles. The van der Waals surface area contributed by atoms with E-state index in [0.717, 1.165) is 12.8 Å². The summed E-state index contributed by atoms with van der Waals surface area (Å²) >= 11 is 0. The third kappa shape index (κ3) is 9.10. The number of nitrogens with one attached hydrogen (secondary N) is 2. The summed E-state index contributed by atoms with van der Waals surface area (Å²) in [6.45, 7) is 0.302. The van der Waals surface area contributed by atoms with Gasteiger partial charge in [-0.1, -0.05) is 19.3 Å². The van der Waals surface area contributed by atoms with Crippen molar-refractivity contribution in [2.24, 2.45) is 4.99 Å². The topological polar surface area (TPSA) is 56.7 Å². The predicted molar refractivity (Wildman–Crippen MR) is 95.0 cm³/mol. The van der Waals surface area contributed by atoms with Crippen LogP contribution in [0.25, 0.3) is 0 Å².